The van der Waals surface area contributed by atoms with E-state index in [4.69, 9.17) is 27.9 Å². The van der Waals surface area contributed by atoms with Crippen molar-refractivity contribution < 1.29 is 17.9 Å². The fourth-order valence-corrected chi connectivity index (χ4v) is 5.83. The van der Waals surface area contributed by atoms with Gasteiger partial charge in [-0.05, 0) is 37.1 Å². The van der Waals surface area contributed by atoms with Crippen LogP contribution in [0.2, 0.25) is 10.0 Å². The molecule has 6 nitrogen and oxygen atoms in total. The Morgan fingerprint density at radius 1 is 1.00 bits per heavy atom. The first-order valence-corrected chi connectivity index (χ1v) is 11.9. The monoisotopic (exact) mass is 470 g/mol. The number of ether oxygens (including phenoxy) is 1. The van der Waals surface area contributed by atoms with E-state index in [0.717, 1.165) is 11.3 Å². The summed E-state index contributed by atoms with van der Waals surface area (Å²) in [6.45, 7) is 3.50. The van der Waals surface area contributed by atoms with Crippen molar-refractivity contribution in [2.24, 2.45) is 0 Å². The van der Waals surface area contributed by atoms with Crippen molar-refractivity contribution in [1.29, 1.82) is 0 Å². The van der Waals surface area contributed by atoms with Gasteiger partial charge in [-0.15, -0.1) is 0 Å². The molecular weight excluding hydrogens is 447 g/mol. The van der Waals surface area contributed by atoms with Gasteiger partial charge in [-0.1, -0.05) is 47.5 Å². The minimum absolute atomic E-state index is 0.00351. The number of nitrogens with zero attached hydrogens (tertiary/aromatic N) is 2. The molecule has 1 heterocycles. The molecule has 162 valence electrons. The third-order valence-electron chi connectivity index (χ3n) is 4.99. The van der Waals surface area contributed by atoms with E-state index < -0.39 is 10.0 Å². The second-order valence-electron chi connectivity index (χ2n) is 7.05. The van der Waals surface area contributed by atoms with Gasteiger partial charge >= 0.3 is 0 Å². The highest BCUT2D eigenvalue weighted by molar-refractivity contribution is 7.89. The van der Waals surface area contributed by atoms with Crippen molar-refractivity contribution >= 4 is 39.1 Å². The largest absolute Gasteiger partial charge is 0.493 e. The SMILES string of the molecule is Cc1ccccc1OCCCC(=O)N1CCN(S(=O)(=O)c2c(Cl)cccc2Cl)CC1. The van der Waals surface area contributed by atoms with Gasteiger partial charge < -0.3 is 9.64 Å². The van der Waals surface area contributed by atoms with Gasteiger partial charge in [0.2, 0.25) is 15.9 Å². The zero-order chi connectivity index (χ0) is 21.7. The van der Waals surface area contributed by atoms with Crippen LogP contribution in [0.5, 0.6) is 5.75 Å². The highest BCUT2D eigenvalue weighted by Crippen LogP contribution is 2.31. The number of benzene rings is 2. The molecule has 1 aliphatic heterocycles. The van der Waals surface area contributed by atoms with Crippen LogP contribution < -0.4 is 4.74 Å². The molecule has 0 aromatic heterocycles. The van der Waals surface area contributed by atoms with E-state index in [1.807, 2.05) is 31.2 Å². The van der Waals surface area contributed by atoms with Gasteiger partial charge in [0.15, 0.2) is 0 Å². The van der Waals surface area contributed by atoms with E-state index in [9.17, 15) is 13.2 Å². The number of piperazine rings is 1. The summed E-state index contributed by atoms with van der Waals surface area (Å²) in [4.78, 5) is 14.1. The summed E-state index contributed by atoms with van der Waals surface area (Å²) < 4.78 is 32.9. The molecule has 2 aromatic carbocycles. The highest BCUT2D eigenvalue weighted by Gasteiger charge is 2.32. The maximum absolute atomic E-state index is 12.9. The lowest BCUT2D eigenvalue weighted by Crippen LogP contribution is -2.50. The van der Waals surface area contributed by atoms with E-state index >= 15 is 0 Å². The molecule has 3 rings (SSSR count). The van der Waals surface area contributed by atoms with Crippen LogP contribution in [0.4, 0.5) is 0 Å². The molecule has 1 saturated heterocycles. The fraction of sp³-hybridized carbons (Fsp3) is 0.381. The zero-order valence-electron chi connectivity index (χ0n) is 16.7. The first-order chi connectivity index (χ1) is 14.3. The van der Waals surface area contributed by atoms with Crippen molar-refractivity contribution in [2.45, 2.75) is 24.7 Å². The summed E-state index contributed by atoms with van der Waals surface area (Å²) in [6, 6.07) is 12.3. The maximum atomic E-state index is 12.9. The van der Waals surface area contributed by atoms with Crippen molar-refractivity contribution in [2.75, 3.05) is 32.8 Å². The molecule has 1 aliphatic rings. The molecule has 0 N–H and O–H groups in total. The number of carbonyl (C=O) groups is 1. The van der Waals surface area contributed by atoms with Crippen LogP contribution in [0.1, 0.15) is 18.4 Å². The second-order valence-corrected chi connectivity index (χ2v) is 9.74. The van der Waals surface area contributed by atoms with Gasteiger partial charge in [0.1, 0.15) is 10.6 Å². The summed E-state index contributed by atoms with van der Waals surface area (Å²) in [6.07, 6.45) is 0.954. The third-order valence-corrected chi connectivity index (χ3v) is 7.85. The predicted octanol–water partition coefficient (Wildman–Crippen LogP) is 3.99. The molecule has 1 amide bonds. The summed E-state index contributed by atoms with van der Waals surface area (Å²) in [7, 11) is -3.82. The lowest BCUT2D eigenvalue weighted by molar-refractivity contribution is -0.132. The van der Waals surface area contributed by atoms with Gasteiger partial charge in [0.25, 0.3) is 0 Å². The Kier molecular flexibility index (Phi) is 7.63. The van der Waals surface area contributed by atoms with Gasteiger partial charge in [-0.2, -0.15) is 4.31 Å². The first kappa shape index (κ1) is 22.9. The Bertz CT molecular complexity index is 986. The van der Waals surface area contributed by atoms with Gasteiger partial charge in [0.05, 0.1) is 16.7 Å². The molecule has 9 heteroatoms. The number of rotatable bonds is 7. The fourth-order valence-electron chi connectivity index (χ4n) is 3.32. The molecule has 0 bridgehead atoms. The predicted molar refractivity (Wildman–Crippen MR) is 118 cm³/mol. The summed E-state index contributed by atoms with van der Waals surface area (Å²) >= 11 is 12.1. The van der Waals surface area contributed by atoms with E-state index in [-0.39, 0.29) is 33.9 Å². The van der Waals surface area contributed by atoms with Crippen LogP contribution in [0.3, 0.4) is 0 Å². The number of amides is 1. The van der Waals surface area contributed by atoms with Crippen LogP contribution >= 0.6 is 23.2 Å². The molecule has 0 aliphatic carbocycles. The molecule has 0 unspecified atom stereocenters. The molecular formula is C21H24Cl2N2O4S. The minimum atomic E-state index is -3.82. The third kappa shape index (κ3) is 5.27. The van der Waals surface area contributed by atoms with Crippen molar-refractivity contribution in [3.8, 4) is 5.75 Å². The number of carbonyl (C=O) groups excluding carboxylic acids is 1. The number of halogens is 2. The second kappa shape index (κ2) is 10.0. The molecule has 0 saturated carbocycles. The molecule has 1 fully saturated rings. The van der Waals surface area contributed by atoms with Crippen LogP contribution in [0.15, 0.2) is 47.4 Å². The molecule has 2 aromatic rings. The normalized spacial score (nSPS) is 15.2. The quantitative estimate of drug-likeness (QED) is 0.573. The summed E-state index contributed by atoms with van der Waals surface area (Å²) in [5.41, 5.74) is 1.06. The van der Waals surface area contributed by atoms with Gasteiger partial charge in [-0.25, -0.2) is 8.42 Å². The van der Waals surface area contributed by atoms with Crippen molar-refractivity contribution in [3.05, 3.63) is 58.1 Å². The van der Waals surface area contributed by atoms with Crippen LogP contribution in [-0.2, 0) is 14.8 Å². The Morgan fingerprint density at radius 3 is 2.27 bits per heavy atom. The Morgan fingerprint density at radius 2 is 1.63 bits per heavy atom. The summed E-state index contributed by atoms with van der Waals surface area (Å²) in [5, 5.41) is 0.185. The molecule has 0 atom stereocenters. The average Bonchev–Trinajstić information content (AvgIpc) is 2.72. The lowest BCUT2D eigenvalue weighted by atomic mass is 10.2. The minimum Gasteiger partial charge on any atom is -0.493 e. The number of para-hydroxylation sites is 1. The van der Waals surface area contributed by atoms with E-state index in [0.29, 0.717) is 32.5 Å². The first-order valence-electron chi connectivity index (χ1n) is 9.71. The average molecular weight is 471 g/mol. The Balaban J connectivity index is 1.49. The lowest BCUT2D eigenvalue weighted by Gasteiger charge is -2.34. The number of aryl methyl sites for hydroxylation is 1. The van der Waals surface area contributed by atoms with E-state index in [2.05, 4.69) is 0 Å². The zero-order valence-corrected chi connectivity index (χ0v) is 19.0. The van der Waals surface area contributed by atoms with Crippen molar-refractivity contribution in [3.63, 3.8) is 0 Å². The smallest absolute Gasteiger partial charge is 0.246 e. The van der Waals surface area contributed by atoms with Crippen LogP contribution in [-0.4, -0.2) is 56.3 Å². The highest BCUT2D eigenvalue weighted by atomic mass is 35.5. The Hall–Kier alpha value is -1.80. The van der Waals surface area contributed by atoms with Crippen LogP contribution in [0, 0.1) is 6.92 Å². The van der Waals surface area contributed by atoms with E-state index in [1.54, 1.807) is 11.0 Å². The van der Waals surface area contributed by atoms with Crippen molar-refractivity contribution in [1.82, 2.24) is 9.21 Å². The van der Waals surface area contributed by atoms with Crippen LogP contribution in [0.25, 0.3) is 0 Å². The molecule has 30 heavy (non-hydrogen) atoms. The summed E-state index contributed by atoms with van der Waals surface area (Å²) in [5.74, 6) is 0.818. The topological polar surface area (TPSA) is 66.9 Å². The number of hydrogen-bond donors (Lipinski definition) is 0. The number of hydrogen-bond acceptors (Lipinski definition) is 4. The molecule has 0 spiro atoms. The van der Waals surface area contributed by atoms with Gasteiger partial charge in [0, 0.05) is 32.6 Å². The maximum Gasteiger partial charge on any atom is 0.246 e. The van der Waals surface area contributed by atoms with Gasteiger partial charge in [-0.3, -0.25) is 4.79 Å². The standard InChI is InChI=1S/C21H24Cl2N2O4S/c1-16-6-2-3-9-19(16)29-15-5-10-20(26)24-11-13-25(14-12-24)30(27,28)21-17(22)7-4-8-18(21)23/h2-4,6-9H,5,10-15H2,1H3. The van der Waals surface area contributed by atoms with E-state index in [1.165, 1.54) is 16.4 Å². The number of sulfonamides is 1. The Labute approximate surface area is 187 Å². The molecule has 0 radical (unpaired) electrons.